The summed E-state index contributed by atoms with van der Waals surface area (Å²) in [5, 5.41) is 16.4. The van der Waals surface area contributed by atoms with Crippen LogP contribution in [0.3, 0.4) is 0 Å². The van der Waals surface area contributed by atoms with Gasteiger partial charge in [0.25, 0.3) is 0 Å². The first kappa shape index (κ1) is 12.2. The molecule has 18 heavy (non-hydrogen) atoms. The summed E-state index contributed by atoms with van der Waals surface area (Å²) in [7, 11) is 0. The Hall–Kier alpha value is -2.28. The topological polar surface area (TPSA) is 110 Å². The van der Waals surface area contributed by atoms with Crippen LogP contribution in [-0.4, -0.2) is 33.1 Å². The Morgan fingerprint density at radius 2 is 2.33 bits per heavy atom. The van der Waals surface area contributed by atoms with Crippen LogP contribution >= 0.6 is 0 Å². The number of tetrazole rings is 1. The van der Waals surface area contributed by atoms with Crippen molar-refractivity contribution in [2.24, 2.45) is 5.73 Å². The van der Waals surface area contributed by atoms with E-state index in [0.29, 0.717) is 30.9 Å². The van der Waals surface area contributed by atoms with Crippen LogP contribution in [0.2, 0.25) is 0 Å². The lowest BCUT2D eigenvalue weighted by Crippen LogP contribution is -2.13. The van der Waals surface area contributed by atoms with E-state index in [-0.39, 0.29) is 5.91 Å². The number of benzene rings is 1. The Morgan fingerprint density at radius 3 is 3.06 bits per heavy atom. The summed E-state index contributed by atoms with van der Waals surface area (Å²) >= 11 is 0. The number of anilines is 1. The Labute approximate surface area is 104 Å². The second-order valence-electron chi connectivity index (χ2n) is 3.76. The molecule has 1 aromatic carbocycles. The number of hydrogen-bond donors (Lipinski definition) is 3. The SMILES string of the molecule is NCCCC(=O)Nc1cccc(-c2nn[nH]n2)c1. The van der Waals surface area contributed by atoms with Crippen LogP contribution in [-0.2, 0) is 4.79 Å². The van der Waals surface area contributed by atoms with E-state index in [1.807, 2.05) is 18.2 Å². The zero-order valence-electron chi connectivity index (χ0n) is 9.76. The molecule has 7 nitrogen and oxygen atoms in total. The first-order valence-corrected chi connectivity index (χ1v) is 5.63. The monoisotopic (exact) mass is 246 g/mol. The van der Waals surface area contributed by atoms with Crippen molar-refractivity contribution in [3.8, 4) is 11.4 Å². The molecule has 0 saturated carbocycles. The van der Waals surface area contributed by atoms with Crippen molar-refractivity contribution in [2.75, 3.05) is 11.9 Å². The van der Waals surface area contributed by atoms with E-state index < -0.39 is 0 Å². The van der Waals surface area contributed by atoms with Crippen LogP contribution in [0.5, 0.6) is 0 Å². The molecule has 0 fully saturated rings. The standard InChI is InChI=1S/C11H14N6O/c12-6-2-5-10(18)13-9-4-1-3-8(7-9)11-14-16-17-15-11/h1,3-4,7H,2,5-6,12H2,(H,13,18)(H,14,15,16,17). The number of aromatic nitrogens is 4. The van der Waals surface area contributed by atoms with E-state index in [9.17, 15) is 4.79 Å². The predicted octanol–water partition coefficient (Wildman–Crippen LogP) is 0.544. The molecule has 2 rings (SSSR count). The van der Waals surface area contributed by atoms with Crippen LogP contribution in [0.1, 0.15) is 12.8 Å². The third-order valence-corrected chi connectivity index (χ3v) is 2.36. The van der Waals surface area contributed by atoms with Crippen LogP contribution in [0.4, 0.5) is 5.69 Å². The number of rotatable bonds is 5. The highest BCUT2D eigenvalue weighted by molar-refractivity contribution is 5.91. The minimum Gasteiger partial charge on any atom is -0.330 e. The maximum absolute atomic E-state index is 11.6. The normalized spacial score (nSPS) is 10.3. The van der Waals surface area contributed by atoms with E-state index in [4.69, 9.17) is 5.73 Å². The van der Waals surface area contributed by atoms with Gasteiger partial charge in [0.15, 0.2) is 0 Å². The Bertz CT molecular complexity index is 510. The third-order valence-electron chi connectivity index (χ3n) is 2.36. The van der Waals surface area contributed by atoms with Gasteiger partial charge in [-0.3, -0.25) is 4.79 Å². The number of nitrogens with zero attached hydrogens (tertiary/aromatic N) is 3. The second-order valence-corrected chi connectivity index (χ2v) is 3.76. The Morgan fingerprint density at radius 1 is 1.44 bits per heavy atom. The van der Waals surface area contributed by atoms with Crippen molar-refractivity contribution < 1.29 is 4.79 Å². The number of hydrogen-bond acceptors (Lipinski definition) is 5. The lowest BCUT2D eigenvalue weighted by molar-refractivity contribution is -0.116. The molecule has 4 N–H and O–H groups in total. The smallest absolute Gasteiger partial charge is 0.224 e. The molecule has 2 aromatic rings. The summed E-state index contributed by atoms with van der Waals surface area (Å²) in [6.45, 7) is 0.510. The van der Waals surface area contributed by atoms with Gasteiger partial charge in [-0.05, 0) is 30.3 Å². The van der Waals surface area contributed by atoms with Gasteiger partial charge in [0.2, 0.25) is 11.7 Å². The summed E-state index contributed by atoms with van der Waals surface area (Å²) in [6.07, 6.45) is 1.10. The van der Waals surface area contributed by atoms with Crippen molar-refractivity contribution in [2.45, 2.75) is 12.8 Å². The second kappa shape index (κ2) is 5.87. The minimum absolute atomic E-state index is 0.0503. The quantitative estimate of drug-likeness (QED) is 0.713. The highest BCUT2D eigenvalue weighted by atomic mass is 16.1. The number of aromatic amines is 1. The molecule has 0 unspecified atom stereocenters. The van der Waals surface area contributed by atoms with E-state index in [0.717, 1.165) is 5.56 Å². The predicted molar refractivity (Wildman–Crippen MR) is 66.5 cm³/mol. The summed E-state index contributed by atoms with van der Waals surface area (Å²) in [5.41, 5.74) is 6.85. The van der Waals surface area contributed by atoms with Gasteiger partial charge >= 0.3 is 0 Å². The summed E-state index contributed by atoms with van der Waals surface area (Å²) < 4.78 is 0. The minimum atomic E-state index is -0.0503. The van der Waals surface area contributed by atoms with E-state index in [1.54, 1.807) is 6.07 Å². The number of carbonyl (C=O) groups is 1. The molecule has 1 aromatic heterocycles. The van der Waals surface area contributed by atoms with Crippen LogP contribution in [0.15, 0.2) is 24.3 Å². The lowest BCUT2D eigenvalue weighted by atomic mass is 10.2. The Balaban J connectivity index is 2.06. The zero-order valence-corrected chi connectivity index (χ0v) is 9.76. The first-order chi connectivity index (χ1) is 8.79. The summed E-state index contributed by atoms with van der Waals surface area (Å²) in [5.74, 6) is 0.443. The average Bonchev–Trinajstić information content (AvgIpc) is 2.90. The molecule has 0 spiro atoms. The molecule has 94 valence electrons. The molecule has 0 radical (unpaired) electrons. The van der Waals surface area contributed by atoms with Gasteiger partial charge in [-0.1, -0.05) is 12.1 Å². The number of H-pyrrole nitrogens is 1. The summed E-state index contributed by atoms with van der Waals surface area (Å²) in [4.78, 5) is 11.6. The fourth-order valence-corrected chi connectivity index (χ4v) is 1.51. The van der Waals surface area contributed by atoms with Crippen LogP contribution in [0.25, 0.3) is 11.4 Å². The maximum Gasteiger partial charge on any atom is 0.224 e. The molecule has 0 aliphatic carbocycles. The maximum atomic E-state index is 11.6. The fourth-order valence-electron chi connectivity index (χ4n) is 1.51. The van der Waals surface area contributed by atoms with Gasteiger partial charge in [0.1, 0.15) is 0 Å². The number of amides is 1. The molecule has 0 bridgehead atoms. The highest BCUT2D eigenvalue weighted by Gasteiger charge is 2.05. The molecule has 7 heteroatoms. The summed E-state index contributed by atoms with van der Waals surface area (Å²) in [6, 6.07) is 7.28. The zero-order chi connectivity index (χ0) is 12.8. The van der Waals surface area contributed by atoms with Crippen LogP contribution < -0.4 is 11.1 Å². The van der Waals surface area contributed by atoms with Crippen LogP contribution in [0, 0.1) is 0 Å². The third kappa shape index (κ3) is 3.11. The van der Waals surface area contributed by atoms with Gasteiger partial charge < -0.3 is 11.1 Å². The van der Waals surface area contributed by atoms with Gasteiger partial charge in [-0.15, -0.1) is 10.2 Å². The molecule has 0 saturated heterocycles. The molecule has 0 atom stereocenters. The number of nitrogens with one attached hydrogen (secondary N) is 2. The lowest BCUT2D eigenvalue weighted by Gasteiger charge is -2.05. The van der Waals surface area contributed by atoms with Gasteiger partial charge in [-0.2, -0.15) is 5.21 Å². The van der Waals surface area contributed by atoms with Gasteiger partial charge in [-0.25, -0.2) is 0 Å². The van der Waals surface area contributed by atoms with Gasteiger partial charge in [0.05, 0.1) is 0 Å². The van der Waals surface area contributed by atoms with E-state index in [1.165, 1.54) is 0 Å². The van der Waals surface area contributed by atoms with Gasteiger partial charge in [0, 0.05) is 17.7 Å². The average molecular weight is 246 g/mol. The van der Waals surface area contributed by atoms with Crippen molar-refractivity contribution >= 4 is 11.6 Å². The number of nitrogens with two attached hydrogens (primary N) is 1. The molecular weight excluding hydrogens is 232 g/mol. The highest BCUT2D eigenvalue weighted by Crippen LogP contribution is 2.18. The first-order valence-electron chi connectivity index (χ1n) is 5.63. The van der Waals surface area contributed by atoms with E-state index >= 15 is 0 Å². The largest absolute Gasteiger partial charge is 0.330 e. The number of carbonyl (C=O) groups excluding carboxylic acids is 1. The van der Waals surface area contributed by atoms with Crippen molar-refractivity contribution in [3.05, 3.63) is 24.3 Å². The van der Waals surface area contributed by atoms with Crippen molar-refractivity contribution in [3.63, 3.8) is 0 Å². The molecule has 1 heterocycles. The Kier molecular flexibility index (Phi) is 3.98. The molecule has 0 aliphatic heterocycles. The fraction of sp³-hybridized carbons (Fsp3) is 0.273. The molecular formula is C11H14N6O. The van der Waals surface area contributed by atoms with Crippen molar-refractivity contribution in [1.82, 2.24) is 20.6 Å². The molecule has 1 amide bonds. The molecule has 0 aliphatic rings. The van der Waals surface area contributed by atoms with E-state index in [2.05, 4.69) is 25.9 Å². The van der Waals surface area contributed by atoms with Crippen molar-refractivity contribution in [1.29, 1.82) is 0 Å².